The molecule has 3 atom stereocenters. The standard InChI is InChI=1S/C9H15NO4/c1-5-2-3-10-8(9(13)14)6(5)4-7(11)12/h5-6,8,10H,2-4H2,1H3,(H,11,12)(H,13,14)/t5-,6+,8+/m1/s1. The molecule has 14 heavy (non-hydrogen) atoms. The lowest BCUT2D eigenvalue weighted by atomic mass is 9.80. The van der Waals surface area contributed by atoms with Crippen molar-refractivity contribution in [2.45, 2.75) is 25.8 Å². The number of carbonyl (C=O) groups is 2. The van der Waals surface area contributed by atoms with Crippen LogP contribution in [0, 0.1) is 11.8 Å². The van der Waals surface area contributed by atoms with Crippen molar-refractivity contribution >= 4 is 11.9 Å². The van der Waals surface area contributed by atoms with Crippen LogP contribution in [0.3, 0.4) is 0 Å². The van der Waals surface area contributed by atoms with Gasteiger partial charge in [-0.05, 0) is 24.8 Å². The molecular formula is C9H15NO4. The van der Waals surface area contributed by atoms with Crippen molar-refractivity contribution in [2.75, 3.05) is 6.54 Å². The van der Waals surface area contributed by atoms with Gasteiger partial charge in [0.25, 0.3) is 0 Å². The van der Waals surface area contributed by atoms with E-state index in [0.29, 0.717) is 6.54 Å². The zero-order valence-electron chi connectivity index (χ0n) is 8.06. The molecule has 1 fully saturated rings. The number of hydrogen-bond donors (Lipinski definition) is 3. The zero-order chi connectivity index (χ0) is 10.7. The molecule has 1 aliphatic heterocycles. The molecule has 0 unspecified atom stereocenters. The minimum Gasteiger partial charge on any atom is -0.481 e. The second kappa shape index (κ2) is 4.41. The topological polar surface area (TPSA) is 86.6 Å². The summed E-state index contributed by atoms with van der Waals surface area (Å²) in [4.78, 5) is 21.4. The van der Waals surface area contributed by atoms with Crippen LogP contribution in [-0.2, 0) is 9.59 Å². The summed E-state index contributed by atoms with van der Waals surface area (Å²) in [6.45, 7) is 2.55. The van der Waals surface area contributed by atoms with Gasteiger partial charge in [0.2, 0.25) is 0 Å². The molecule has 3 N–H and O–H groups in total. The van der Waals surface area contributed by atoms with Gasteiger partial charge in [-0.2, -0.15) is 0 Å². The van der Waals surface area contributed by atoms with Crippen LogP contribution in [-0.4, -0.2) is 34.7 Å². The highest BCUT2D eigenvalue weighted by Gasteiger charge is 2.36. The van der Waals surface area contributed by atoms with E-state index in [4.69, 9.17) is 10.2 Å². The third-order valence-electron chi connectivity index (χ3n) is 2.80. The Morgan fingerprint density at radius 3 is 2.57 bits per heavy atom. The first-order chi connectivity index (χ1) is 6.52. The normalized spacial score (nSPS) is 32.5. The van der Waals surface area contributed by atoms with E-state index in [9.17, 15) is 9.59 Å². The minimum atomic E-state index is -0.956. The lowest BCUT2D eigenvalue weighted by Gasteiger charge is -2.33. The summed E-state index contributed by atoms with van der Waals surface area (Å²) < 4.78 is 0. The van der Waals surface area contributed by atoms with Gasteiger partial charge in [-0.1, -0.05) is 6.92 Å². The average molecular weight is 201 g/mol. The molecular weight excluding hydrogens is 186 g/mol. The number of carboxylic acids is 2. The van der Waals surface area contributed by atoms with Crippen LogP contribution in [0.1, 0.15) is 19.8 Å². The molecule has 0 amide bonds. The third kappa shape index (κ3) is 2.45. The zero-order valence-corrected chi connectivity index (χ0v) is 8.06. The summed E-state index contributed by atoms with van der Waals surface area (Å²) in [7, 11) is 0. The molecule has 1 heterocycles. The predicted molar refractivity (Wildman–Crippen MR) is 49.0 cm³/mol. The number of nitrogens with one attached hydrogen (secondary N) is 1. The number of piperidine rings is 1. The monoisotopic (exact) mass is 201 g/mol. The van der Waals surface area contributed by atoms with Crippen LogP contribution in [0.2, 0.25) is 0 Å². The summed E-state index contributed by atoms with van der Waals surface area (Å²) >= 11 is 0. The fraction of sp³-hybridized carbons (Fsp3) is 0.778. The Labute approximate surface area is 82.1 Å². The molecule has 5 heteroatoms. The second-order valence-corrected chi connectivity index (χ2v) is 3.80. The van der Waals surface area contributed by atoms with Gasteiger partial charge >= 0.3 is 11.9 Å². The highest BCUT2D eigenvalue weighted by atomic mass is 16.4. The minimum absolute atomic E-state index is 0.0782. The number of aliphatic carboxylic acids is 2. The van der Waals surface area contributed by atoms with Crippen LogP contribution >= 0.6 is 0 Å². The molecule has 1 rings (SSSR count). The molecule has 0 radical (unpaired) electrons. The largest absolute Gasteiger partial charge is 0.481 e. The number of carboxylic acid groups (broad SMARTS) is 2. The van der Waals surface area contributed by atoms with Gasteiger partial charge in [-0.15, -0.1) is 0 Å². The van der Waals surface area contributed by atoms with Crippen molar-refractivity contribution in [3.8, 4) is 0 Å². The molecule has 1 aliphatic rings. The van der Waals surface area contributed by atoms with Crippen LogP contribution in [0.5, 0.6) is 0 Å². The summed E-state index contributed by atoms with van der Waals surface area (Å²) in [6.07, 6.45) is 0.757. The third-order valence-corrected chi connectivity index (χ3v) is 2.80. The first-order valence-electron chi connectivity index (χ1n) is 4.70. The highest BCUT2D eigenvalue weighted by Crippen LogP contribution is 2.26. The highest BCUT2D eigenvalue weighted by molar-refractivity contribution is 5.76. The van der Waals surface area contributed by atoms with Crippen LogP contribution in [0.4, 0.5) is 0 Å². The maximum atomic E-state index is 10.8. The van der Waals surface area contributed by atoms with Gasteiger partial charge in [0.05, 0.1) is 6.42 Å². The van der Waals surface area contributed by atoms with E-state index >= 15 is 0 Å². The fourth-order valence-corrected chi connectivity index (χ4v) is 1.95. The summed E-state index contributed by atoms with van der Waals surface area (Å²) in [5.41, 5.74) is 0. The van der Waals surface area contributed by atoms with Crippen molar-refractivity contribution in [2.24, 2.45) is 11.8 Å². The Hall–Kier alpha value is -1.10. The van der Waals surface area contributed by atoms with Crippen LogP contribution in [0.25, 0.3) is 0 Å². The molecule has 0 spiro atoms. The Bertz CT molecular complexity index is 241. The van der Waals surface area contributed by atoms with E-state index in [2.05, 4.69) is 5.32 Å². The van der Waals surface area contributed by atoms with E-state index < -0.39 is 18.0 Å². The molecule has 0 aliphatic carbocycles. The molecule has 1 saturated heterocycles. The van der Waals surface area contributed by atoms with Crippen molar-refractivity contribution in [3.05, 3.63) is 0 Å². The maximum Gasteiger partial charge on any atom is 0.321 e. The first-order valence-corrected chi connectivity index (χ1v) is 4.70. The summed E-state index contributed by atoms with van der Waals surface area (Å²) in [6, 6.07) is -0.713. The van der Waals surface area contributed by atoms with E-state index in [1.165, 1.54) is 0 Å². The second-order valence-electron chi connectivity index (χ2n) is 3.80. The molecule has 0 bridgehead atoms. The Balaban J connectivity index is 2.70. The van der Waals surface area contributed by atoms with Gasteiger partial charge in [0.15, 0.2) is 0 Å². The van der Waals surface area contributed by atoms with Crippen LogP contribution < -0.4 is 5.32 Å². The number of hydrogen-bond acceptors (Lipinski definition) is 3. The van der Waals surface area contributed by atoms with Gasteiger partial charge < -0.3 is 15.5 Å². The summed E-state index contributed by atoms with van der Waals surface area (Å²) in [5, 5.41) is 20.4. The van der Waals surface area contributed by atoms with Crippen molar-refractivity contribution < 1.29 is 19.8 Å². The quantitative estimate of drug-likeness (QED) is 0.605. The van der Waals surface area contributed by atoms with Gasteiger partial charge in [0, 0.05) is 0 Å². The summed E-state index contributed by atoms with van der Waals surface area (Å²) in [5.74, 6) is -2.05. The van der Waals surface area contributed by atoms with Gasteiger partial charge in [0.1, 0.15) is 6.04 Å². The van der Waals surface area contributed by atoms with Crippen molar-refractivity contribution in [1.82, 2.24) is 5.32 Å². The Kier molecular flexibility index (Phi) is 3.46. The Morgan fingerprint density at radius 2 is 2.07 bits per heavy atom. The molecule has 80 valence electrons. The van der Waals surface area contributed by atoms with E-state index in [1.54, 1.807) is 0 Å². The SMILES string of the molecule is C[C@@H]1CCN[C@H](C(=O)O)[C@H]1CC(=O)O. The van der Waals surface area contributed by atoms with Gasteiger partial charge in [-0.3, -0.25) is 9.59 Å². The maximum absolute atomic E-state index is 10.8. The van der Waals surface area contributed by atoms with Crippen molar-refractivity contribution in [3.63, 3.8) is 0 Å². The van der Waals surface area contributed by atoms with Crippen LogP contribution in [0.15, 0.2) is 0 Å². The van der Waals surface area contributed by atoms with Crippen molar-refractivity contribution in [1.29, 1.82) is 0 Å². The van der Waals surface area contributed by atoms with E-state index in [0.717, 1.165) is 6.42 Å². The average Bonchev–Trinajstić information content (AvgIpc) is 2.07. The smallest absolute Gasteiger partial charge is 0.321 e. The lowest BCUT2D eigenvalue weighted by Crippen LogP contribution is -2.50. The molecule has 0 saturated carbocycles. The molecule has 0 aromatic carbocycles. The Morgan fingerprint density at radius 1 is 1.43 bits per heavy atom. The van der Waals surface area contributed by atoms with E-state index in [-0.39, 0.29) is 18.3 Å². The van der Waals surface area contributed by atoms with Gasteiger partial charge in [-0.25, -0.2) is 0 Å². The lowest BCUT2D eigenvalue weighted by molar-refractivity contribution is -0.145. The predicted octanol–water partition coefficient (Wildman–Crippen LogP) is 0.160. The first kappa shape index (κ1) is 11.0. The fourth-order valence-electron chi connectivity index (χ4n) is 1.95. The molecule has 0 aromatic heterocycles. The molecule has 5 nitrogen and oxygen atoms in total. The molecule has 0 aromatic rings. The van der Waals surface area contributed by atoms with E-state index in [1.807, 2.05) is 6.92 Å². The number of rotatable bonds is 3.